The third-order valence-corrected chi connectivity index (χ3v) is 10.2. The highest BCUT2D eigenvalue weighted by atomic mass is 35.5. The maximum Gasteiger partial charge on any atom is 0.407 e. The lowest BCUT2D eigenvalue weighted by Gasteiger charge is -2.23. The SMILES string of the molecule is CNC(=O)CC(O)CNCc1cnc2cc(-c3cccc(-c4cccc(-c5ccc(CN(C[C@@H]6CCC(=O)N6)C(=O)O)c(OC)n5)c4Cl)c3Cl)ccn2c1=O. The second-order valence-electron chi connectivity index (χ2n) is 13.1. The van der Waals surface area contributed by atoms with Gasteiger partial charge in [0.1, 0.15) is 5.65 Å². The Balaban J connectivity index is 1.23. The van der Waals surface area contributed by atoms with Gasteiger partial charge >= 0.3 is 6.09 Å². The molecule has 0 saturated carbocycles. The molecule has 3 aromatic heterocycles. The van der Waals surface area contributed by atoms with E-state index in [2.05, 4.69) is 25.9 Å². The van der Waals surface area contributed by atoms with Gasteiger partial charge in [0.15, 0.2) is 0 Å². The van der Waals surface area contributed by atoms with Gasteiger partial charge in [0, 0.05) is 84.9 Å². The van der Waals surface area contributed by atoms with Crippen molar-refractivity contribution < 1.29 is 29.3 Å². The van der Waals surface area contributed by atoms with Crippen LogP contribution in [0.5, 0.6) is 5.88 Å². The van der Waals surface area contributed by atoms with Gasteiger partial charge in [-0.3, -0.25) is 18.8 Å². The van der Waals surface area contributed by atoms with Crippen molar-refractivity contribution in [2.24, 2.45) is 0 Å². The number of aliphatic hydroxyl groups excluding tert-OH is 1. The van der Waals surface area contributed by atoms with Crippen LogP contribution in [0.2, 0.25) is 10.0 Å². The monoisotopic (exact) mass is 787 g/mol. The van der Waals surface area contributed by atoms with Crippen LogP contribution < -0.4 is 26.2 Å². The summed E-state index contributed by atoms with van der Waals surface area (Å²) in [7, 11) is 2.96. The van der Waals surface area contributed by atoms with Gasteiger partial charge in [-0.1, -0.05) is 59.6 Å². The first-order chi connectivity index (χ1) is 26.5. The smallest absolute Gasteiger partial charge is 0.407 e. The van der Waals surface area contributed by atoms with E-state index in [-0.39, 0.29) is 61.9 Å². The number of aromatic nitrogens is 3. The van der Waals surface area contributed by atoms with Gasteiger partial charge in [0.2, 0.25) is 17.7 Å². The first-order valence-electron chi connectivity index (χ1n) is 17.5. The largest absolute Gasteiger partial charge is 0.481 e. The number of nitrogens with zero attached hydrogens (tertiary/aromatic N) is 4. The third kappa shape index (κ3) is 8.89. The maximum atomic E-state index is 13.2. The van der Waals surface area contributed by atoms with Gasteiger partial charge in [-0.05, 0) is 36.2 Å². The van der Waals surface area contributed by atoms with E-state index >= 15 is 0 Å². The van der Waals surface area contributed by atoms with Crippen LogP contribution in [0.15, 0.2) is 77.9 Å². The lowest BCUT2D eigenvalue weighted by molar-refractivity contribution is -0.122. The van der Waals surface area contributed by atoms with E-state index in [1.807, 2.05) is 36.4 Å². The number of aliphatic hydroxyl groups is 1. The van der Waals surface area contributed by atoms with Crippen LogP contribution >= 0.6 is 23.2 Å². The average Bonchev–Trinajstić information content (AvgIpc) is 3.59. The highest BCUT2D eigenvalue weighted by molar-refractivity contribution is 6.39. The summed E-state index contributed by atoms with van der Waals surface area (Å²) in [5, 5.41) is 29.0. The standard InChI is InChI=1S/C39H39Cl2N7O7/c1-42-34(51)16-26(49)19-43-17-24-18-44-32-15-22(13-14-48(32)38(24)52)27-5-3-6-28(35(27)40)29-7-4-8-30(36(29)41)31-11-9-23(37(46-31)55-2)20-47(39(53)54)21-25-10-12-33(50)45-25/h3-9,11,13-15,18,25-26,43,49H,10,12,16-17,19-21H2,1-2H3,(H,42,51)(H,45,50)(H,53,54)/t25-,26?/m0/s1. The van der Waals surface area contributed by atoms with Crippen LogP contribution in [0, 0.1) is 0 Å². The van der Waals surface area contributed by atoms with Crippen molar-refractivity contribution in [1.82, 2.24) is 35.2 Å². The minimum absolute atomic E-state index is 0.0120. The number of halogens is 2. The second kappa shape index (κ2) is 17.3. The Bertz CT molecular complexity index is 2320. The zero-order valence-electron chi connectivity index (χ0n) is 30.0. The summed E-state index contributed by atoms with van der Waals surface area (Å²) in [6, 6.07) is 17.9. The van der Waals surface area contributed by atoms with Crippen LogP contribution in [-0.4, -0.2) is 86.8 Å². The summed E-state index contributed by atoms with van der Waals surface area (Å²) in [6.45, 7) is 0.443. The summed E-state index contributed by atoms with van der Waals surface area (Å²) in [4.78, 5) is 58.9. The first kappa shape index (κ1) is 39.2. The van der Waals surface area contributed by atoms with Gasteiger partial charge in [-0.15, -0.1) is 0 Å². The van der Waals surface area contributed by atoms with Crippen molar-refractivity contribution in [3.05, 3.63) is 105 Å². The zero-order valence-corrected chi connectivity index (χ0v) is 31.5. The summed E-state index contributed by atoms with van der Waals surface area (Å²) in [5.74, 6) is -0.130. The van der Waals surface area contributed by atoms with Crippen molar-refractivity contribution in [1.29, 1.82) is 0 Å². The number of amides is 3. The molecule has 0 aliphatic carbocycles. The number of hydrogen-bond donors (Lipinski definition) is 5. The lowest BCUT2D eigenvalue weighted by atomic mass is 9.97. The molecule has 1 aliphatic heterocycles. The number of pyridine rings is 2. The van der Waals surface area contributed by atoms with Crippen LogP contribution in [0.1, 0.15) is 30.4 Å². The van der Waals surface area contributed by atoms with E-state index in [0.717, 1.165) is 5.56 Å². The fourth-order valence-corrected chi connectivity index (χ4v) is 7.14. The molecule has 4 heterocycles. The normalized spacial score (nSPS) is 14.4. The molecule has 2 aromatic carbocycles. The number of carbonyl (C=O) groups excluding carboxylic acids is 2. The molecule has 55 heavy (non-hydrogen) atoms. The van der Waals surface area contributed by atoms with Gasteiger partial charge in [0.05, 0.1) is 41.9 Å². The van der Waals surface area contributed by atoms with Gasteiger partial charge in [-0.25, -0.2) is 14.8 Å². The molecule has 16 heteroatoms. The topological polar surface area (TPSA) is 187 Å². The third-order valence-electron chi connectivity index (χ3n) is 9.34. The van der Waals surface area contributed by atoms with Crippen LogP contribution in [0.25, 0.3) is 39.2 Å². The van der Waals surface area contributed by atoms with E-state index in [1.165, 1.54) is 29.7 Å². The quantitative estimate of drug-likeness (QED) is 0.105. The molecule has 1 aliphatic rings. The molecule has 5 aromatic rings. The summed E-state index contributed by atoms with van der Waals surface area (Å²) in [5.41, 5.74) is 4.93. The van der Waals surface area contributed by atoms with Crippen LogP contribution in [0.4, 0.5) is 4.79 Å². The molecule has 1 saturated heterocycles. The average molecular weight is 789 g/mol. The van der Waals surface area contributed by atoms with Crippen molar-refractivity contribution in [2.75, 3.05) is 27.2 Å². The number of ether oxygens (including phenoxy) is 1. The highest BCUT2D eigenvalue weighted by Gasteiger charge is 2.26. The fourth-order valence-electron chi connectivity index (χ4n) is 6.48. The minimum atomic E-state index is -1.12. The maximum absolute atomic E-state index is 13.2. The van der Waals surface area contributed by atoms with Gasteiger partial charge < -0.3 is 35.8 Å². The summed E-state index contributed by atoms with van der Waals surface area (Å²) < 4.78 is 7.01. The molecule has 2 atom stereocenters. The Hall–Kier alpha value is -5.54. The number of carboxylic acid groups (broad SMARTS) is 1. The molecular formula is C39H39Cl2N7O7. The molecule has 5 N–H and O–H groups in total. The molecule has 0 radical (unpaired) electrons. The number of nitrogens with one attached hydrogen (secondary N) is 3. The van der Waals surface area contributed by atoms with Crippen LogP contribution in [-0.2, 0) is 22.7 Å². The molecule has 286 valence electrons. The Morgan fingerprint density at radius 1 is 1.04 bits per heavy atom. The Labute approximate surface area is 326 Å². The van der Waals surface area contributed by atoms with Crippen molar-refractivity contribution in [2.45, 2.75) is 44.5 Å². The molecule has 1 fully saturated rings. The van der Waals surface area contributed by atoms with Gasteiger partial charge in [0.25, 0.3) is 5.56 Å². The van der Waals surface area contributed by atoms with E-state index in [1.54, 1.807) is 30.5 Å². The summed E-state index contributed by atoms with van der Waals surface area (Å²) >= 11 is 14.1. The van der Waals surface area contributed by atoms with Crippen molar-refractivity contribution >= 4 is 46.8 Å². The molecule has 14 nitrogen and oxygen atoms in total. The predicted octanol–water partition coefficient (Wildman–Crippen LogP) is 4.75. The number of carbonyl (C=O) groups is 3. The number of rotatable bonds is 14. The summed E-state index contributed by atoms with van der Waals surface area (Å²) in [6.07, 6.45) is 1.98. The molecule has 3 amide bonds. The molecule has 0 bridgehead atoms. The predicted molar refractivity (Wildman–Crippen MR) is 208 cm³/mol. The number of methoxy groups -OCH3 is 1. The van der Waals surface area contributed by atoms with E-state index in [4.69, 9.17) is 27.9 Å². The van der Waals surface area contributed by atoms with E-state index in [9.17, 15) is 29.4 Å². The molecule has 0 spiro atoms. The Morgan fingerprint density at radius 3 is 2.42 bits per heavy atom. The second-order valence-corrected chi connectivity index (χ2v) is 13.8. The molecule has 1 unspecified atom stereocenters. The highest BCUT2D eigenvalue weighted by Crippen LogP contribution is 2.42. The number of hydrogen-bond acceptors (Lipinski definition) is 9. The van der Waals surface area contributed by atoms with Gasteiger partial charge in [-0.2, -0.15) is 0 Å². The minimum Gasteiger partial charge on any atom is -0.481 e. The first-order valence-corrected chi connectivity index (χ1v) is 18.2. The number of fused-ring (bicyclic) bond motifs is 1. The fraction of sp³-hybridized carbons (Fsp3) is 0.282. The van der Waals surface area contributed by atoms with Crippen molar-refractivity contribution in [3.63, 3.8) is 0 Å². The van der Waals surface area contributed by atoms with Crippen molar-refractivity contribution in [3.8, 4) is 39.4 Å². The molecular weight excluding hydrogens is 749 g/mol. The van der Waals surface area contributed by atoms with E-state index < -0.39 is 12.2 Å². The lowest BCUT2D eigenvalue weighted by Crippen LogP contribution is -2.41. The zero-order chi connectivity index (χ0) is 39.2. The Morgan fingerprint density at radius 2 is 1.75 bits per heavy atom. The Kier molecular flexibility index (Phi) is 12.3. The van der Waals surface area contributed by atoms with E-state index in [0.29, 0.717) is 67.6 Å². The van der Waals surface area contributed by atoms with Crippen LogP contribution in [0.3, 0.4) is 0 Å². The number of benzene rings is 2. The molecule has 6 rings (SSSR count).